The molecule has 0 aliphatic carbocycles. The van der Waals surface area contributed by atoms with Crippen molar-refractivity contribution in [3.8, 4) is 12.3 Å². The summed E-state index contributed by atoms with van der Waals surface area (Å²) in [6.45, 7) is 0.580. The number of nitrogens with zero attached hydrogens (tertiary/aromatic N) is 1. The third-order valence-corrected chi connectivity index (χ3v) is 1.34. The van der Waals surface area contributed by atoms with Crippen LogP contribution in [0.4, 0.5) is 0 Å². The van der Waals surface area contributed by atoms with Gasteiger partial charge in [-0.05, 0) is 0 Å². The molecule has 1 atom stereocenters. The summed E-state index contributed by atoms with van der Waals surface area (Å²) in [5, 5.41) is 0. The Morgan fingerprint density at radius 2 is 2.60 bits per heavy atom. The Balaban J connectivity index is 2.43. The molecule has 3 nitrogen and oxygen atoms in total. The Labute approximate surface area is 59.5 Å². The summed E-state index contributed by atoms with van der Waals surface area (Å²) in [4.78, 5) is 12.2. The Bertz CT molecular complexity index is 214. The molecule has 1 aliphatic rings. The van der Waals surface area contributed by atoms with Gasteiger partial charge in [-0.25, -0.2) is 0 Å². The van der Waals surface area contributed by atoms with Crippen LogP contribution in [0.25, 0.3) is 0 Å². The molecule has 52 valence electrons. The summed E-state index contributed by atoms with van der Waals surface area (Å²) in [7, 11) is 0. The predicted molar refractivity (Wildman–Crippen MR) is 37.7 cm³/mol. The number of β-lactam (4-membered cyclic amide) rings is 1. The third kappa shape index (κ3) is 1.02. The molecule has 0 aromatic carbocycles. The summed E-state index contributed by atoms with van der Waals surface area (Å²) in [5.41, 5.74) is 5.31. The van der Waals surface area contributed by atoms with Crippen LogP contribution in [-0.2, 0) is 4.79 Å². The molecule has 0 spiro atoms. The van der Waals surface area contributed by atoms with Crippen molar-refractivity contribution in [1.29, 1.82) is 0 Å². The van der Waals surface area contributed by atoms with Crippen molar-refractivity contribution in [1.82, 2.24) is 4.90 Å². The number of carbonyl (C=O) groups excluding carboxylic acids is 1. The number of nitrogens with two attached hydrogens (primary N) is 1. The smallest absolute Gasteiger partial charge is 0.245 e. The van der Waals surface area contributed by atoms with Crippen LogP contribution in [0.1, 0.15) is 0 Å². The van der Waals surface area contributed by atoms with Gasteiger partial charge in [-0.2, -0.15) is 0 Å². The molecule has 0 saturated carbocycles. The molecule has 1 amide bonds. The zero-order valence-corrected chi connectivity index (χ0v) is 5.45. The van der Waals surface area contributed by atoms with Gasteiger partial charge < -0.3 is 10.6 Å². The average molecular weight is 136 g/mol. The van der Waals surface area contributed by atoms with Gasteiger partial charge in [0, 0.05) is 18.8 Å². The van der Waals surface area contributed by atoms with Gasteiger partial charge in [-0.3, -0.25) is 4.79 Å². The molecular weight excluding hydrogens is 128 g/mol. The lowest BCUT2D eigenvalue weighted by Crippen LogP contribution is -2.58. The second-order valence-electron chi connectivity index (χ2n) is 2.08. The second-order valence-corrected chi connectivity index (χ2v) is 2.08. The largest absolute Gasteiger partial charge is 0.318 e. The second kappa shape index (κ2) is 2.54. The van der Waals surface area contributed by atoms with Crippen molar-refractivity contribution in [3.63, 3.8) is 0 Å². The minimum atomic E-state index is -0.317. The molecule has 2 N–H and O–H groups in total. The fourth-order valence-electron chi connectivity index (χ4n) is 0.748. The highest BCUT2D eigenvalue weighted by Crippen LogP contribution is 2.06. The fraction of sp³-hybridized carbons (Fsp3) is 0.286. The maximum Gasteiger partial charge on any atom is 0.245 e. The summed E-state index contributed by atoms with van der Waals surface area (Å²) in [6, 6.07) is -0.317. The quantitative estimate of drug-likeness (QED) is 0.383. The van der Waals surface area contributed by atoms with Crippen molar-refractivity contribution in [3.05, 3.63) is 12.3 Å². The first-order chi connectivity index (χ1) is 4.75. The highest BCUT2D eigenvalue weighted by Gasteiger charge is 2.31. The van der Waals surface area contributed by atoms with Crippen LogP contribution in [0.5, 0.6) is 0 Å². The highest BCUT2D eigenvalue weighted by molar-refractivity contribution is 5.88. The molecule has 0 bridgehead atoms. The molecular formula is C7H8N2O. The van der Waals surface area contributed by atoms with E-state index in [4.69, 9.17) is 12.2 Å². The molecule has 1 saturated heterocycles. The molecule has 0 aromatic rings. The Morgan fingerprint density at radius 3 is 3.00 bits per heavy atom. The minimum absolute atomic E-state index is 0.0634. The number of amides is 1. The summed E-state index contributed by atoms with van der Waals surface area (Å²) in [6.07, 6.45) is 7.97. The number of allylic oxidation sites excluding steroid dienone is 1. The van der Waals surface area contributed by atoms with E-state index in [9.17, 15) is 4.79 Å². The van der Waals surface area contributed by atoms with Crippen molar-refractivity contribution in [2.75, 3.05) is 6.54 Å². The zero-order valence-electron chi connectivity index (χ0n) is 5.45. The van der Waals surface area contributed by atoms with E-state index in [1.807, 2.05) is 0 Å². The van der Waals surface area contributed by atoms with Crippen LogP contribution in [-0.4, -0.2) is 23.4 Å². The van der Waals surface area contributed by atoms with Crippen LogP contribution in [0.2, 0.25) is 0 Å². The van der Waals surface area contributed by atoms with Crippen molar-refractivity contribution < 1.29 is 4.79 Å². The van der Waals surface area contributed by atoms with Crippen LogP contribution in [0.3, 0.4) is 0 Å². The minimum Gasteiger partial charge on any atom is -0.318 e. The number of carbonyl (C=O) groups is 1. The average Bonchev–Trinajstić information content (AvgIpc) is 1.97. The number of rotatable bonds is 1. The lowest BCUT2D eigenvalue weighted by Gasteiger charge is -2.32. The lowest BCUT2D eigenvalue weighted by molar-refractivity contribution is -0.138. The molecule has 1 aliphatic heterocycles. The standard InChI is InChI=1S/C7H8N2O/c1-2-3-4-9-5-6(8)7(9)10/h1,3-4,6H,5,8H2. The molecule has 1 fully saturated rings. The normalized spacial score (nSPS) is 24.6. The SMILES string of the molecule is C#CC=CN1CC(N)C1=O. The summed E-state index contributed by atoms with van der Waals surface area (Å²) in [5.74, 6) is 2.22. The van der Waals surface area contributed by atoms with E-state index in [0.717, 1.165) is 0 Å². The molecule has 1 rings (SSSR count). The predicted octanol–water partition coefficient (Wildman–Crippen LogP) is -0.697. The van der Waals surface area contributed by atoms with Crippen LogP contribution >= 0.6 is 0 Å². The van der Waals surface area contributed by atoms with E-state index in [1.165, 1.54) is 11.0 Å². The monoisotopic (exact) mass is 136 g/mol. The van der Waals surface area contributed by atoms with Gasteiger partial charge in [0.05, 0.1) is 0 Å². The van der Waals surface area contributed by atoms with E-state index in [2.05, 4.69) is 5.92 Å². The fourth-order valence-corrected chi connectivity index (χ4v) is 0.748. The number of hydrogen-bond donors (Lipinski definition) is 1. The van der Waals surface area contributed by atoms with Crippen molar-refractivity contribution in [2.24, 2.45) is 5.73 Å². The van der Waals surface area contributed by atoms with Gasteiger partial charge in [-0.15, -0.1) is 6.42 Å². The summed E-state index contributed by atoms with van der Waals surface area (Å²) >= 11 is 0. The number of hydrogen-bond acceptors (Lipinski definition) is 2. The van der Waals surface area contributed by atoms with E-state index < -0.39 is 0 Å². The van der Waals surface area contributed by atoms with Crippen LogP contribution < -0.4 is 5.73 Å². The van der Waals surface area contributed by atoms with E-state index in [1.54, 1.807) is 6.20 Å². The first kappa shape index (κ1) is 6.84. The number of terminal acetylenes is 1. The molecule has 1 heterocycles. The first-order valence-electron chi connectivity index (χ1n) is 2.94. The maximum absolute atomic E-state index is 10.7. The number of likely N-dealkylation sites (tertiary alicyclic amines) is 1. The van der Waals surface area contributed by atoms with Crippen molar-refractivity contribution >= 4 is 5.91 Å². The van der Waals surface area contributed by atoms with E-state index >= 15 is 0 Å². The molecule has 3 heteroatoms. The van der Waals surface area contributed by atoms with Gasteiger partial charge in [0.1, 0.15) is 6.04 Å². The maximum atomic E-state index is 10.7. The van der Waals surface area contributed by atoms with Crippen LogP contribution in [0, 0.1) is 12.3 Å². The van der Waals surface area contributed by atoms with Gasteiger partial charge in [-0.1, -0.05) is 5.92 Å². The van der Waals surface area contributed by atoms with Crippen LogP contribution in [0.15, 0.2) is 12.3 Å². The third-order valence-electron chi connectivity index (χ3n) is 1.34. The van der Waals surface area contributed by atoms with Gasteiger partial charge in [0.25, 0.3) is 0 Å². The Kier molecular flexibility index (Phi) is 1.74. The summed E-state index contributed by atoms with van der Waals surface area (Å²) < 4.78 is 0. The van der Waals surface area contributed by atoms with Crippen molar-refractivity contribution in [2.45, 2.75) is 6.04 Å². The van der Waals surface area contributed by atoms with Gasteiger partial charge in [0.2, 0.25) is 5.91 Å². The van der Waals surface area contributed by atoms with Gasteiger partial charge in [0.15, 0.2) is 0 Å². The molecule has 0 aromatic heterocycles. The molecule has 10 heavy (non-hydrogen) atoms. The Morgan fingerprint density at radius 1 is 1.90 bits per heavy atom. The molecule has 0 radical (unpaired) electrons. The topological polar surface area (TPSA) is 46.3 Å². The highest BCUT2D eigenvalue weighted by atomic mass is 16.2. The lowest BCUT2D eigenvalue weighted by atomic mass is 10.1. The first-order valence-corrected chi connectivity index (χ1v) is 2.94. The van der Waals surface area contributed by atoms with E-state index in [-0.39, 0.29) is 11.9 Å². The molecule has 1 unspecified atom stereocenters. The van der Waals surface area contributed by atoms with E-state index in [0.29, 0.717) is 6.54 Å². The van der Waals surface area contributed by atoms with Gasteiger partial charge >= 0.3 is 0 Å². The Hall–Kier alpha value is -1.27. The zero-order chi connectivity index (χ0) is 7.56.